The Kier molecular flexibility index (Phi) is 30.8. The third kappa shape index (κ3) is 22.6. The molecule has 0 atom stereocenters. The minimum atomic E-state index is -3.70. The molecule has 0 aliphatic heterocycles. The zero-order valence-corrected chi connectivity index (χ0v) is 52.0. The first-order valence-corrected chi connectivity index (χ1v) is 30.5. The number of sulfonamides is 2. The van der Waals surface area contributed by atoms with Crippen molar-refractivity contribution in [2.75, 3.05) is 82.1 Å². The summed E-state index contributed by atoms with van der Waals surface area (Å²) in [6.45, 7) is 15.5. The Bertz CT molecular complexity index is 2660. The molecule has 1 amide bonds. The number of nitrogens with zero attached hydrogens (tertiary/aromatic N) is 3. The van der Waals surface area contributed by atoms with Crippen LogP contribution < -0.4 is 25.4 Å². The van der Waals surface area contributed by atoms with E-state index in [1.165, 1.54) is 97.9 Å². The van der Waals surface area contributed by atoms with Crippen LogP contribution in [0.2, 0.25) is 0 Å². The van der Waals surface area contributed by atoms with Crippen LogP contribution in [0.15, 0.2) is 82.6 Å². The fourth-order valence-electron chi connectivity index (χ4n) is 9.77. The van der Waals surface area contributed by atoms with Crippen molar-refractivity contribution in [3.8, 4) is 11.5 Å². The first kappa shape index (κ1) is 69.6. The summed E-state index contributed by atoms with van der Waals surface area (Å²) >= 11 is 0. The lowest BCUT2D eigenvalue weighted by Gasteiger charge is -2.27. The van der Waals surface area contributed by atoms with Crippen LogP contribution in [0.25, 0.3) is 0 Å². The molecule has 2 saturated carbocycles. The summed E-state index contributed by atoms with van der Waals surface area (Å²) in [5.41, 5.74) is 7.54. The van der Waals surface area contributed by atoms with E-state index >= 15 is 0 Å². The maximum atomic E-state index is 13.1. The van der Waals surface area contributed by atoms with E-state index in [2.05, 4.69) is 83.1 Å². The van der Waals surface area contributed by atoms with E-state index in [-0.39, 0.29) is 74.3 Å². The van der Waals surface area contributed by atoms with Gasteiger partial charge in [-0.05, 0) is 167 Å². The zero-order valence-electron chi connectivity index (χ0n) is 49.6. The maximum Gasteiger partial charge on any atom is 0.295 e. The standard InChI is InChI=1S/C30H45N3O5S.C16H26N2.C14H21NO6S.ClH/c1-22-7-13-27(14-8-22)31-19-25-9-11-26(12-10-25)20-32(4)29(34)21-38-16-15-33(5)39(35,36)30-23(2)17-28(37-6)18-24(30)3;1-13-3-9-16(10-4-13)18-12-15-7-5-14(6-8-15)11-17-2;1-11-7-13(19-4)8-12(2)14(11)22(17,18)15(3)5-6-20-10-21-9-16;/h9-12,17-18,22,27,31H,7-8,13-16,19-21H2,1-6H3;5-8,13,16-18H,3-4,9-12H2,1-2H3;7-9H,5-6,10H2,1-4H3;1H. The molecule has 448 valence electrons. The van der Waals surface area contributed by atoms with Crippen LogP contribution in [-0.2, 0) is 70.0 Å². The molecule has 0 saturated heterocycles. The van der Waals surface area contributed by atoms with Crippen molar-refractivity contribution >= 4 is 44.8 Å². The Balaban J connectivity index is 0.000000346. The molecule has 0 heterocycles. The molecule has 20 heteroatoms. The van der Waals surface area contributed by atoms with E-state index in [1.54, 1.807) is 71.0 Å². The molecule has 2 aliphatic rings. The van der Waals surface area contributed by atoms with Crippen molar-refractivity contribution in [3.63, 3.8) is 0 Å². The minimum Gasteiger partial charge on any atom is -0.497 e. The Morgan fingerprint density at radius 1 is 0.588 bits per heavy atom. The Hall–Kier alpha value is -4.67. The van der Waals surface area contributed by atoms with Gasteiger partial charge < -0.3 is 44.5 Å². The molecule has 0 aromatic heterocycles. The average molecular weight is 1170 g/mol. The summed E-state index contributed by atoms with van der Waals surface area (Å²) in [6, 6.07) is 25.4. The fourth-order valence-corrected chi connectivity index (χ4v) is 12.9. The van der Waals surface area contributed by atoms with Crippen LogP contribution in [0.4, 0.5) is 0 Å². The third-order valence-corrected chi connectivity index (χ3v) is 19.0. The quantitative estimate of drug-likeness (QED) is 0.0291. The molecule has 2 fully saturated rings. The first-order valence-electron chi connectivity index (χ1n) is 27.6. The van der Waals surface area contributed by atoms with Gasteiger partial charge in [0, 0.05) is 72.5 Å². The van der Waals surface area contributed by atoms with Gasteiger partial charge in [0.25, 0.3) is 6.47 Å². The number of rotatable bonds is 27. The Morgan fingerprint density at radius 2 is 0.950 bits per heavy atom. The molecule has 0 unspecified atom stereocenters. The van der Waals surface area contributed by atoms with Crippen LogP contribution in [-0.4, -0.2) is 137 Å². The molecule has 4 aromatic rings. The van der Waals surface area contributed by atoms with E-state index in [1.807, 2.05) is 7.05 Å². The molecule has 0 radical (unpaired) electrons. The van der Waals surface area contributed by atoms with Crippen molar-refractivity contribution in [3.05, 3.63) is 117 Å². The van der Waals surface area contributed by atoms with Crippen LogP contribution in [0, 0.1) is 39.5 Å². The molecular weight excluding hydrogens is 1080 g/mol. The van der Waals surface area contributed by atoms with Gasteiger partial charge in [-0.15, -0.1) is 12.4 Å². The van der Waals surface area contributed by atoms with E-state index in [0.29, 0.717) is 46.3 Å². The highest BCUT2D eigenvalue weighted by Crippen LogP contribution is 2.30. The van der Waals surface area contributed by atoms with Gasteiger partial charge >= 0.3 is 0 Å². The van der Waals surface area contributed by atoms with Crippen LogP contribution in [0.1, 0.15) is 110 Å². The normalized spacial score (nSPS) is 17.3. The number of carbonyl (C=O) groups excluding carboxylic acids is 2. The number of halogens is 1. The molecule has 4 aromatic carbocycles. The molecule has 3 N–H and O–H groups in total. The number of nitrogens with one attached hydrogen (secondary N) is 3. The summed E-state index contributed by atoms with van der Waals surface area (Å²) in [6.07, 6.45) is 10.6. The topological polar surface area (TPSA) is 194 Å². The SMILES string of the molecule is CNCc1ccc(CNC2CCC(C)CC2)cc1.COc1cc(C)c(S(=O)(=O)N(C)CCOCC(=O)N(C)Cc2ccc(CNC3CCC(C)CC3)cc2)c(C)c1.COc1cc(C)c(S(=O)(=O)N(C)CCOCOC=O)c(C)c1.Cl. The van der Waals surface area contributed by atoms with Gasteiger partial charge in [-0.2, -0.15) is 8.61 Å². The second kappa shape index (κ2) is 35.4. The monoisotopic (exact) mass is 1170 g/mol. The maximum absolute atomic E-state index is 13.1. The van der Waals surface area contributed by atoms with Crippen molar-refractivity contribution < 1.29 is 50.1 Å². The molecular formula is C60H93ClN6O11S2. The summed E-state index contributed by atoms with van der Waals surface area (Å²) < 4.78 is 79.2. The zero-order chi connectivity index (χ0) is 58.1. The van der Waals surface area contributed by atoms with Crippen molar-refractivity contribution in [2.45, 2.75) is 141 Å². The predicted octanol–water partition coefficient (Wildman–Crippen LogP) is 8.85. The number of carbonyl (C=O) groups is 2. The minimum absolute atomic E-state index is 0. The van der Waals surface area contributed by atoms with Gasteiger partial charge in [0.15, 0.2) is 6.79 Å². The highest BCUT2D eigenvalue weighted by molar-refractivity contribution is 7.89. The van der Waals surface area contributed by atoms with Gasteiger partial charge in [0.05, 0.1) is 37.2 Å². The Morgan fingerprint density at radius 3 is 1.31 bits per heavy atom. The second-order valence-corrected chi connectivity index (χ2v) is 25.2. The number of hydrogen-bond donors (Lipinski definition) is 3. The third-order valence-electron chi connectivity index (χ3n) is 14.7. The lowest BCUT2D eigenvalue weighted by molar-refractivity contribution is -0.140. The average Bonchev–Trinajstić information content (AvgIpc) is 3.42. The van der Waals surface area contributed by atoms with Crippen LogP contribution >= 0.6 is 12.4 Å². The number of aryl methyl sites for hydroxylation is 4. The first-order chi connectivity index (χ1) is 37.6. The number of amides is 1. The van der Waals surface area contributed by atoms with Crippen molar-refractivity contribution in [1.82, 2.24) is 29.5 Å². The molecule has 0 bridgehead atoms. The fraction of sp³-hybridized carbons (Fsp3) is 0.567. The van der Waals surface area contributed by atoms with Gasteiger partial charge in [-0.1, -0.05) is 62.4 Å². The number of benzene rings is 4. The van der Waals surface area contributed by atoms with Gasteiger partial charge in [-0.25, -0.2) is 16.8 Å². The second-order valence-electron chi connectivity index (χ2n) is 21.3. The number of methoxy groups -OCH3 is 2. The largest absolute Gasteiger partial charge is 0.497 e. The number of hydrogen-bond acceptors (Lipinski definition) is 14. The lowest BCUT2D eigenvalue weighted by Crippen LogP contribution is -2.33. The predicted molar refractivity (Wildman–Crippen MR) is 319 cm³/mol. The van der Waals surface area contributed by atoms with Crippen LogP contribution in [0.3, 0.4) is 0 Å². The van der Waals surface area contributed by atoms with Crippen LogP contribution in [0.5, 0.6) is 11.5 Å². The molecule has 0 spiro atoms. The summed E-state index contributed by atoms with van der Waals surface area (Å²) in [7, 11) is 2.48. The highest BCUT2D eigenvalue weighted by atomic mass is 35.5. The lowest BCUT2D eigenvalue weighted by atomic mass is 9.87. The van der Waals surface area contributed by atoms with E-state index in [9.17, 15) is 26.4 Å². The molecule has 2 aliphatic carbocycles. The molecule has 17 nitrogen and oxygen atoms in total. The van der Waals surface area contributed by atoms with Gasteiger partial charge in [0.1, 0.15) is 18.1 Å². The number of ether oxygens (including phenoxy) is 5. The summed E-state index contributed by atoms with van der Waals surface area (Å²) in [5, 5.41) is 10.5. The summed E-state index contributed by atoms with van der Waals surface area (Å²) in [4.78, 5) is 24.7. The highest BCUT2D eigenvalue weighted by Gasteiger charge is 2.27. The van der Waals surface area contributed by atoms with Crippen molar-refractivity contribution in [1.29, 1.82) is 0 Å². The van der Waals surface area contributed by atoms with Crippen molar-refractivity contribution in [2.24, 2.45) is 11.8 Å². The van der Waals surface area contributed by atoms with E-state index < -0.39 is 20.0 Å². The van der Waals surface area contributed by atoms with E-state index in [4.69, 9.17) is 18.9 Å². The molecule has 6 rings (SSSR count). The van der Waals surface area contributed by atoms with Gasteiger partial charge in [0.2, 0.25) is 26.0 Å². The number of likely N-dealkylation sites (N-methyl/N-ethyl adjacent to an activating group) is 3. The summed E-state index contributed by atoms with van der Waals surface area (Å²) in [5.74, 6) is 2.87. The smallest absolute Gasteiger partial charge is 0.295 e. The van der Waals surface area contributed by atoms with E-state index in [0.717, 1.165) is 43.1 Å². The van der Waals surface area contributed by atoms with Gasteiger partial charge in [-0.3, -0.25) is 9.59 Å². The Labute approximate surface area is 485 Å². The molecule has 80 heavy (non-hydrogen) atoms.